The SMILES string of the molecule is CC1CCCN1CC1CCC(N)CC1. The van der Waals surface area contributed by atoms with Crippen LogP contribution in [0.4, 0.5) is 0 Å². The van der Waals surface area contributed by atoms with Gasteiger partial charge in [-0.1, -0.05) is 0 Å². The zero-order valence-electron chi connectivity index (χ0n) is 9.41. The van der Waals surface area contributed by atoms with Gasteiger partial charge in [-0.25, -0.2) is 0 Å². The second kappa shape index (κ2) is 4.63. The number of rotatable bonds is 2. The van der Waals surface area contributed by atoms with Crippen molar-refractivity contribution in [3.63, 3.8) is 0 Å². The van der Waals surface area contributed by atoms with Crippen LogP contribution in [0, 0.1) is 5.92 Å². The first kappa shape index (κ1) is 10.4. The van der Waals surface area contributed by atoms with Crippen LogP contribution in [-0.2, 0) is 0 Å². The van der Waals surface area contributed by atoms with Crippen LogP contribution in [0.2, 0.25) is 0 Å². The topological polar surface area (TPSA) is 29.3 Å². The van der Waals surface area contributed by atoms with Gasteiger partial charge < -0.3 is 10.6 Å². The zero-order valence-corrected chi connectivity index (χ0v) is 9.41. The van der Waals surface area contributed by atoms with Crippen LogP contribution in [0.25, 0.3) is 0 Å². The van der Waals surface area contributed by atoms with Crippen LogP contribution in [0.15, 0.2) is 0 Å². The van der Waals surface area contributed by atoms with Crippen LogP contribution in [-0.4, -0.2) is 30.1 Å². The summed E-state index contributed by atoms with van der Waals surface area (Å²) in [6, 6.07) is 1.34. The van der Waals surface area contributed by atoms with Gasteiger partial charge in [-0.3, -0.25) is 0 Å². The van der Waals surface area contributed by atoms with Crippen molar-refractivity contribution in [1.29, 1.82) is 0 Å². The maximum Gasteiger partial charge on any atom is 0.00675 e. The summed E-state index contributed by atoms with van der Waals surface area (Å²) in [5, 5.41) is 0. The predicted octanol–water partition coefficient (Wildman–Crippen LogP) is 1.99. The molecule has 2 nitrogen and oxygen atoms in total. The Bertz CT molecular complexity index is 173. The van der Waals surface area contributed by atoms with Crippen molar-refractivity contribution in [2.24, 2.45) is 11.7 Å². The molecule has 2 N–H and O–H groups in total. The molecule has 1 aliphatic carbocycles. The number of nitrogens with two attached hydrogens (primary N) is 1. The van der Waals surface area contributed by atoms with Crippen LogP contribution in [0.3, 0.4) is 0 Å². The lowest BCUT2D eigenvalue weighted by Crippen LogP contribution is -2.35. The Hall–Kier alpha value is -0.0800. The van der Waals surface area contributed by atoms with E-state index in [4.69, 9.17) is 5.73 Å². The number of hydrogen-bond donors (Lipinski definition) is 1. The fourth-order valence-corrected chi connectivity index (χ4v) is 2.97. The molecule has 14 heavy (non-hydrogen) atoms. The molecule has 1 atom stereocenters. The largest absolute Gasteiger partial charge is 0.328 e. The highest BCUT2D eigenvalue weighted by molar-refractivity contribution is 4.81. The van der Waals surface area contributed by atoms with Crippen molar-refractivity contribution < 1.29 is 0 Å². The normalized spacial score (nSPS) is 40.3. The van der Waals surface area contributed by atoms with E-state index in [9.17, 15) is 0 Å². The average molecular weight is 196 g/mol. The van der Waals surface area contributed by atoms with Crippen LogP contribution in [0.1, 0.15) is 45.4 Å². The van der Waals surface area contributed by atoms with Crippen molar-refractivity contribution in [1.82, 2.24) is 4.90 Å². The Morgan fingerprint density at radius 2 is 1.86 bits per heavy atom. The van der Waals surface area contributed by atoms with Gasteiger partial charge in [0.2, 0.25) is 0 Å². The molecular weight excluding hydrogens is 172 g/mol. The fraction of sp³-hybridized carbons (Fsp3) is 1.00. The molecule has 2 fully saturated rings. The Kier molecular flexibility index (Phi) is 3.45. The maximum atomic E-state index is 5.92. The molecule has 1 saturated carbocycles. The summed E-state index contributed by atoms with van der Waals surface area (Å²) in [4.78, 5) is 2.68. The molecule has 1 heterocycles. The lowest BCUT2D eigenvalue weighted by Gasteiger charge is -2.31. The third kappa shape index (κ3) is 2.48. The first-order valence-corrected chi connectivity index (χ1v) is 6.25. The van der Waals surface area contributed by atoms with Gasteiger partial charge in [0.05, 0.1) is 0 Å². The Labute approximate surface area is 87.8 Å². The van der Waals surface area contributed by atoms with Crippen molar-refractivity contribution in [2.75, 3.05) is 13.1 Å². The van der Waals surface area contributed by atoms with E-state index in [1.807, 2.05) is 0 Å². The van der Waals surface area contributed by atoms with Crippen LogP contribution in [0.5, 0.6) is 0 Å². The summed E-state index contributed by atoms with van der Waals surface area (Å²) in [6.45, 7) is 5.05. The second-order valence-electron chi connectivity index (χ2n) is 5.27. The van der Waals surface area contributed by atoms with E-state index in [-0.39, 0.29) is 0 Å². The first-order chi connectivity index (χ1) is 6.75. The quantitative estimate of drug-likeness (QED) is 0.732. The molecule has 0 amide bonds. The molecular formula is C12H24N2. The fourth-order valence-electron chi connectivity index (χ4n) is 2.97. The summed E-state index contributed by atoms with van der Waals surface area (Å²) >= 11 is 0. The zero-order chi connectivity index (χ0) is 9.97. The minimum atomic E-state index is 0.502. The Morgan fingerprint density at radius 1 is 1.14 bits per heavy atom. The number of nitrogens with zero attached hydrogens (tertiary/aromatic N) is 1. The molecule has 0 radical (unpaired) electrons. The van der Waals surface area contributed by atoms with Crippen molar-refractivity contribution >= 4 is 0 Å². The summed E-state index contributed by atoms with van der Waals surface area (Å²) in [5.41, 5.74) is 5.92. The highest BCUT2D eigenvalue weighted by atomic mass is 15.2. The molecule has 1 unspecified atom stereocenters. The summed E-state index contributed by atoms with van der Waals surface area (Å²) < 4.78 is 0. The summed E-state index contributed by atoms with van der Waals surface area (Å²) in [5.74, 6) is 0.940. The van der Waals surface area contributed by atoms with Gasteiger partial charge in [-0.05, 0) is 57.9 Å². The number of hydrogen-bond acceptors (Lipinski definition) is 2. The summed E-state index contributed by atoms with van der Waals surface area (Å²) in [7, 11) is 0. The molecule has 1 aliphatic heterocycles. The highest BCUT2D eigenvalue weighted by Gasteiger charge is 2.25. The molecule has 82 valence electrons. The number of likely N-dealkylation sites (tertiary alicyclic amines) is 1. The Morgan fingerprint density at radius 3 is 2.43 bits per heavy atom. The second-order valence-corrected chi connectivity index (χ2v) is 5.27. The molecule has 0 bridgehead atoms. The monoisotopic (exact) mass is 196 g/mol. The van der Waals surface area contributed by atoms with Gasteiger partial charge in [0.25, 0.3) is 0 Å². The molecule has 0 aromatic rings. The highest BCUT2D eigenvalue weighted by Crippen LogP contribution is 2.26. The van der Waals surface area contributed by atoms with Crippen molar-refractivity contribution in [3.8, 4) is 0 Å². The molecule has 0 aromatic heterocycles. The van der Waals surface area contributed by atoms with E-state index in [0.29, 0.717) is 6.04 Å². The molecule has 2 rings (SSSR count). The minimum Gasteiger partial charge on any atom is -0.328 e. The molecule has 1 saturated heterocycles. The summed E-state index contributed by atoms with van der Waals surface area (Å²) in [6.07, 6.45) is 8.06. The lowest BCUT2D eigenvalue weighted by atomic mass is 9.86. The third-order valence-electron chi connectivity index (χ3n) is 4.07. The van der Waals surface area contributed by atoms with E-state index in [2.05, 4.69) is 11.8 Å². The van der Waals surface area contributed by atoms with E-state index in [1.54, 1.807) is 0 Å². The predicted molar refractivity (Wildman–Crippen MR) is 60.2 cm³/mol. The van der Waals surface area contributed by atoms with Gasteiger partial charge in [-0.2, -0.15) is 0 Å². The maximum absolute atomic E-state index is 5.92. The first-order valence-electron chi connectivity index (χ1n) is 6.25. The van der Waals surface area contributed by atoms with Gasteiger partial charge >= 0.3 is 0 Å². The molecule has 0 aromatic carbocycles. The van der Waals surface area contributed by atoms with Crippen molar-refractivity contribution in [2.45, 2.75) is 57.5 Å². The van der Waals surface area contributed by atoms with Gasteiger partial charge in [-0.15, -0.1) is 0 Å². The van der Waals surface area contributed by atoms with Crippen LogP contribution < -0.4 is 5.73 Å². The van der Waals surface area contributed by atoms with E-state index in [0.717, 1.165) is 12.0 Å². The van der Waals surface area contributed by atoms with Crippen molar-refractivity contribution in [3.05, 3.63) is 0 Å². The standard InChI is InChI=1S/C12H24N2/c1-10-3-2-8-14(10)9-11-4-6-12(13)7-5-11/h10-12H,2-9,13H2,1H3. The molecule has 0 spiro atoms. The van der Waals surface area contributed by atoms with E-state index < -0.39 is 0 Å². The van der Waals surface area contributed by atoms with E-state index in [1.165, 1.54) is 51.6 Å². The molecule has 2 heteroatoms. The average Bonchev–Trinajstić information content (AvgIpc) is 2.56. The minimum absolute atomic E-state index is 0.502. The lowest BCUT2D eigenvalue weighted by molar-refractivity contribution is 0.190. The van der Waals surface area contributed by atoms with Crippen LogP contribution >= 0.6 is 0 Å². The Balaban J connectivity index is 1.74. The molecule has 2 aliphatic rings. The third-order valence-corrected chi connectivity index (χ3v) is 4.07. The van der Waals surface area contributed by atoms with Gasteiger partial charge in [0.15, 0.2) is 0 Å². The van der Waals surface area contributed by atoms with Gasteiger partial charge in [0.1, 0.15) is 0 Å². The smallest absolute Gasteiger partial charge is 0.00675 e. The van der Waals surface area contributed by atoms with E-state index >= 15 is 0 Å². The van der Waals surface area contributed by atoms with Gasteiger partial charge in [0, 0.05) is 18.6 Å².